The smallest absolute Gasteiger partial charge is 0.220 e. The van der Waals surface area contributed by atoms with Crippen LogP contribution < -0.4 is 5.32 Å². The Balaban J connectivity index is 3.85. The Morgan fingerprint density at radius 2 is 2.08 bits per heavy atom. The normalized spacial score (nSPS) is 12.7. The fourth-order valence-corrected chi connectivity index (χ4v) is 0.843. The monoisotopic (exact) mass is 171 g/mol. The Kier molecular flexibility index (Phi) is 5.34. The molecule has 0 aromatic rings. The summed E-state index contributed by atoms with van der Waals surface area (Å²) in [5, 5.41) is 2.66. The molecule has 3 nitrogen and oxygen atoms in total. The lowest BCUT2D eigenvalue weighted by molar-refractivity contribution is -0.124. The zero-order valence-corrected chi connectivity index (χ0v) is 7.96. The van der Waals surface area contributed by atoms with Crippen molar-refractivity contribution in [2.75, 3.05) is 0 Å². The van der Waals surface area contributed by atoms with Crippen LogP contribution in [0.15, 0.2) is 0 Å². The summed E-state index contributed by atoms with van der Waals surface area (Å²) in [5.74, 6) is 0.131. The topological polar surface area (TPSA) is 46.2 Å². The van der Waals surface area contributed by atoms with Gasteiger partial charge in [0, 0.05) is 6.42 Å². The quantitative estimate of drug-likeness (QED) is 0.630. The molecule has 0 heterocycles. The molecule has 1 N–H and O–H groups in total. The van der Waals surface area contributed by atoms with Crippen LogP contribution in [0.1, 0.15) is 33.6 Å². The van der Waals surface area contributed by atoms with E-state index in [2.05, 4.69) is 5.32 Å². The van der Waals surface area contributed by atoms with Crippen molar-refractivity contribution in [2.45, 2.75) is 39.7 Å². The van der Waals surface area contributed by atoms with Crippen molar-refractivity contribution in [3.05, 3.63) is 0 Å². The molecule has 12 heavy (non-hydrogen) atoms. The molecule has 70 valence electrons. The highest BCUT2D eigenvalue weighted by molar-refractivity contribution is 5.79. The number of carbonyl (C=O) groups excluding carboxylic acids is 2. The second-order valence-corrected chi connectivity index (χ2v) is 3.22. The highest BCUT2D eigenvalue weighted by Gasteiger charge is 2.13. The number of rotatable bonds is 5. The van der Waals surface area contributed by atoms with Crippen molar-refractivity contribution in [1.82, 2.24) is 5.32 Å². The summed E-state index contributed by atoms with van der Waals surface area (Å²) in [6.07, 6.45) is 2.10. The zero-order valence-electron chi connectivity index (χ0n) is 7.96. The second kappa shape index (κ2) is 5.75. The highest BCUT2D eigenvalue weighted by Crippen LogP contribution is 1.99. The fourth-order valence-electron chi connectivity index (χ4n) is 0.843. The van der Waals surface area contributed by atoms with Crippen LogP contribution in [-0.2, 0) is 9.59 Å². The average molecular weight is 171 g/mol. The van der Waals surface area contributed by atoms with E-state index in [1.807, 2.05) is 20.8 Å². The van der Waals surface area contributed by atoms with Crippen molar-refractivity contribution in [3.63, 3.8) is 0 Å². The molecule has 0 fully saturated rings. The van der Waals surface area contributed by atoms with E-state index in [0.29, 0.717) is 6.42 Å². The SMILES string of the molecule is CCCC(=O)N[C@H](C=O)C(C)C. The largest absolute Gasteiger partial charge is 0.346 e. The minimum absolute atomic E-state index is 0.0386. The van der Waals surface area contributed by atoms with Crippen LogP contribution in [0.4, 0.5) is 0 Å². The molecule has 0 saturated carbocycles. The molecule has 0 radical (unpaired) electrons. The summed E-state index contributed by atoms with van der Waals surface area (Å²) in [7, 11) is 0. The molecule has 0 saturated heterocycles. The maximum Gasteiger partial charge on any atom is 0.220 e. The lowest BCUT2D eigenvalue weighted by Crippen LogP contribution is -2.39. The lowest BCUT2D eigenvalue weighted by atomic mass is 10.1. The molecule has 1 amide bonds. The Morgan fingerprint density at radius 1 is 1.50 bits per heavy atom. The molecule has 0 spiro atoms. The first-order chi connectivity index (χ1) is 5.61. The van der Waals surface area contributed by atoms with Gasteiger partial charge < -0.3 is 10.1 Å². The van der Waals surface area contributed by atoms with Gasteiger partial charge in [0.15, 0.2) is 0 Å². The Morgan fingerprint density at radius 3 is 2.42 bits per heavy atom. The van der Waals surface area contributed by atoms with Gasteiger partial charge in [-0.05, 0) is 12.3 Å². The van der Waals surface area contributed by atoms with Crippen LogP contribution in [0.3, 0.4) is 0 Å². The van der Waals surface area contributed by atoms with Gasteiger partial charge >= 0.3 is 0 Å². The van der Waals surface area contributed by atoms with E-state index < -0.39 is 0 Å². The summed E-state index contributed by atoms with van der Waals surface area (Å²) < 4.78 is 0. The molecule has 0 aromatic carbocycles. The summed E-state index contributed by atoms with van der Waals surface area (Å²) in [6.45, 7) is 5.75. The van der Waals surface area contributed by atoms with E-state index in [1.165, 1.54) is 0 Å². The third-order valence-electron chi connectivity index (χ3n) is 1.67. The Hall–Kier alpha value is -0.860. The molecule has 0 unspecified atom stereocenters. The van der Waals surface area contributed by atoms with Gasteiger partial charge in [0.05, 0.1) is 6.04 Å². The molecular weight excluding hydrogens is 154 g/mol. The zero-order chi connectivity index (χ0) is 9.56. The first kappa shape index (κ1) is 11.1. The first-order valence-corrected chi connectivity index (χ1v) is 4.36. The highest BCUT2D eigenvalue weighted by atomic mass is 16.2. The van der Waals surface area contributed by atoms with Gasteiger partial charge in [-0.3, -0.25) is 4.79 Å². The molecule has 0 aliphatic rings. The number of aldehydes is 1. The van der Waals surface area contributed by atoms with Gasteiger partial charge in [0.2, 0.25) is 5.91 Å². The number of carbonyl (C=O) groups is 2. The van der Waals surface area contributed by atoms with Crippen LogP contribution >= 0.6 is 0 Å². The molecule has 3 heteroatoms. The van der Waals surface area contributed by atoms with E-state index in [0.717, 1.165) is 12.7 Å². The van der Waals surface area contributed by atoms with Gasteiger partial charge in [-0.15, -0.1) is 0 Å². The second-order valence-electron chi connectivity index (χ2n) is 3.22. The van der Waals surface area contributed by atoms with Gasteiger partial charge in [0.25, 0.3) is 0 Å². The summed E-state index contributed by atoms with van der Waals surface area (Å²) in [6, 6.07) is -0.330. The number of hydrogen-bond donors (Lipinski definition) is 1. The number of amides is 1. The Labute approximate surface area is 73.5 Å². The van der Waals surface area contributed by atoms with Crippen LogP contribution in [-0.4, -0.2) is 18.2 Å². The van der Waals surface area contributed by atoms with E-state index in [-0.39, 0.29) is 17.9 Å². The maximum atomic E-state index is 11.0. The standard InChI is InChI=1S/C9H17NO2/c1-4-5-9(12)10-8(6-11)7(2)3/h6-8H,4-5H2,1-3H3,(H,10,12)/t8-/m1/s1. The van der Waals surface area contributed by atoms with Crippen molar-refractivity contribution >= 4 is 12.2 Å². The van der Waals surface area contributed by atoms with Gasteiger partial charge in [-0.1, -0.05) is 20.8 Å². The molecular formula is C9H17NO2. The molecule has 1 atom stereocenters. The molecule has 0 aromatic heterocycles. The van der Waals surface area contributed by atoms with E-state index in [1.54, 1.807) is 0 Å². The fraction of sp³-hybridized carbons (Fsp3) is 0.778. The summed E-state index contributed by atoms with van der Waals surface area (Å²) >= 11 is 0. The third-order valence-corrected chi connectivity index (χ3v) is 1.67. The minimum atomic E-state index is -0.330. The van der Waals surface area contributed by atoms with Crippen molar-refractivity contribution in [1.29, 1.82) is 0 Å². The van der Waals surface area contributed by atoms with Crippen molar-refractivity contribution in [2.24, 2.45) is 5.92 Å². The van der Waals surface area contributed by atoms with E-state index in [9.17, 15) is 9.59 Å². The van der Waals surface area contributed by atoms with Gasteiger partial charge in [0.1, 0.15) is 6.29 Å². The number of hydrogen-bond acceptors (Lipinski definition) is 2. The van der Waals surface area contributed by atoms with Crippen molar-refractivity contribution in [3.8, 4) is 0 Å². The third kappa shape index (κ3) is 4.11. The maximum absolute atomic E-state index is 11.0. The average Bonchev–Trinajstić information content (AvgIpc) is 2.00. The van der Waals surface area contributed by atoms with Gasteiger partial charge in [-0.2, -0.15) is 0 Å². The lowest BCUT2D eigenvalue weighted by Gasteiger charge is -2.15. The molecule has 0 rings (SSSR count). The summed E-state index contributed by atoms with van der Waals surface area (Å²) in [4.78, 5) is 21.5. The molecule has 0 aliphatic carbocycles. The first-order valence-electron chi connectivity index (χ1n) is 4.36. The van der Waals surface area contributed by atoms with E-state index >= 15 is 0 Å². The van der Waals surface area contributed by atoms with Crippen LogP contribution in [0.2, 0.25) is 0 Å². The summed E-state index contributed by atoms with van der Waals surface area (Å²) in [5.41, 5.74) is 0. The van der Waals surface area contributed by atoms with Crippen molar-refractivity contribution < 1.29 is 9.59 Å². The Bertz CT molecular complexity index is 155. The predicted octanol–water partition coefficient (Wildman–Crippen LogP) is 1.13. The minimum Gasteiger partial charge on any atom is -0.346 e. The molecule has 0 bridgehead atoms. The number of nitrogens with one attached hydrogen (secondary N) is 1. The van der Waals surface area contributed by atoms with Crippen LogP contribution in [0.25, 0.3) is 0 Å². The van der Waals surface area contributed by atoms with Crippen LogP contribution in [0.5, 0.6) is 0 Å². The van der Waals surface area contributed by atoms with Gasteiger partial charge in [-0.25, -0.2) is 0 Å². The van der Waals surface area contributed by atoms with E-state index in [4.69, 9.17) is 0 Å². The molecule has 0 aliphatic heterocycles. The predicted molar refractivity (Wildman–Crippen MR) is 47.7 cm³/mol. The van der Waals surface area contributed by atoms with Crippen LogP contribution in [0, 0.1) is 5.92 Å².